The van der Waals surface area contributed by atoms with Crippen LogP contribution in [0.15, 0.2) is 24.3 Å². The van der Waals surface area contributed by atoms with Crippen molar-refractivity contribution in [1.82, 2.24) is 5.32 Å². The number of carbonyl (C=O) groups is 2. The van der Waals surface area contributed by atoms with E-state index in [9.17, 15) is 14.0 Å². The third-order valence-electron chi connectivity index (χ3n) is 3.54. The normalized spacial score (nSPS) is 16.4. The van der Waals surface area contributed by atoms with Crippen LogP contribution in [0.2, 0.25) is 0 Å². The zero-order valence-corrected chi connectivity index (χ0v) is 10.8. The predicted octanol–water partition coefficient (Wildman–Crippen LogP) is 2.24. The van der Waals surface area contributed by atoms with Gasteiger partial charge in [0, 0.05) is 25.3 Å². The molecule has 0 atom stereocenters. The maximum Gasteiger partial charge on any atom is 0.223 e. The molecule has 0 unspecified atom stereocenters. The summed E-state index contributed by atoms with van der Waals surface area (Å²) in [5, 5.41) is 2.89. The molecule has 19 heavy (non-hydrogen) atoms. The van der Waals surface area contributed by atoms with Gasteiger partial charge in [0.15, 0.2) is 0 Å². The van der Waals surface area contributed by atoms with Crippen LogP contribution in [0.3, 0.4) is 0 Å². The van der Waals surface area contributed by atoms with E-state index in [1.54, 1.807) is 12.1 Å². The van der Waals surface area contributed by atoms with Gasteiger partial charge in [0.05, 0.1) is 0 Å². The number of halogens is 1. The first kappa shape index (κ1) is 13.7. The first-order valence-corrected chi connectivity index (χ1v) is 6.69. The Morgan fingerprint density at radius 2 is 1.84 bits per heavy atom. The van der Waals surface area contributed by atoms with Crippen molar-refractivity contribution in [3.63, 3.8) is 0 Å². The zero-order chi connectivity index (χ0) is 13.7. The summed E-state index contributed by atoms with van der Waals surface area (Å²) >= 11 is 0. The second kappa shape index (κ2) is 6.45. The Labute approximate surface area is 112 Å². The highest BCUT2D eigenvalue weighted by Crippen LogP contribution is 2.21. The molecule has 0 aliphatic heterocycles. The standard InChI is InChI=1S/C15H18FNO2/c16-13-5-1-11(2-6-13)9-10-17-15(19)12-3-7-14(18)8-4-12/h1-2,5-6,12H,3-4,7-10H2,(H,17,19). The quantitative estimate of drug-likeness (QED) is 0.905. The average Bonchev–Trinajstić information content (AvgIpc) is 2.41. The molecule has 1 aliphatic rings. The minimum atomic E-state index is -0.250. The first-order valence-electron chi connectivity index (χ1n) is 6.69. The van der Waals surface area contributed by atoms with Crippen molar-refractivity contribution in [2.75, 3.05) is 6.54 Å². The molecular formula is C15H18FNO2. The number of Topliss-reactive ketones (excluding diaryl/α,β-unsaturated/α-hetero) is 1. The van der Waals surface area contributed by atoms with Gasteiger partial charge in [0.1, 0.15) is 11.6 Å². The lowest BCUT2D eigenvalue weighted by Crippen LogP contribution is -2.34. The fraction of sp³-hybridized carbons (Fsp3) is 0.467. The molecule has 1 aliphatic carbocycles. The lowest BCUT2D eigenvalue weighted by molar-refractivity contribution is -0.128. The fourth-order valence-electron chi connectivity index (χ4n) is 2.33. The van der Waals surface area contributed by atoms with E-state index in [0.29, 0.717) is 38.6 Å². The van der Waals surface area contributed by atoms with Crippen LogP contribution in [-0.4, -0.2) is 18.2 Å². The summed E-state index contributed by atoms with van der Waals surface area (Å²) in [5.41, 5.74) is 1.00. The van der Waals surface area contributed by atoms with Crippen LogP contribution in [0.25, 0.3) is 0 Å². The molecule has 1 N–H and O–H groups in total. The van der Waals surface area contributed by atoms with E-state index in [4.69, 9.17) is 0 Å². The van der Waals surface area contributed by atoms with Crippen molar-refractivity contribution < 1.29 is 14.0 Å². The molecule has 0 bridgehead atoms. The Morgan fingerprint density at radius 1 is 1.21 bits per heavy atom. The number of benzene rings is 1. The summed E-state index contributed by atoms with van der Waals surface area (Å²) in [5.74, 6) is 0.0237. The molecular weight excluding hydrogens is 245 g/mol. The van der Waals surface area contributed by atoms with Gasteiger partial charge in [0.25, 0.3) is 0 Å². The maximum absolute atomic E-state index is 12.7. The van der Waals surface area contributed by atoms with E-state index >= 15 is 0 Å². The summed E-state index contributed by atoms with van der Waals surface area (Å²) in [6.45, 7) is 0.551. The molecule has 3 nitrogen and oxygen atoms in total. The van der Waals surface area contributed by atoms with Gasteiger partial charge >= 0.3 is 0 Å². The van der Waals surface area contributed by atoms with Gasteiger partial charge in [-0.25, -0.2) is 4.39 Å². The summed E-state index contributed by atoms with van der Waals surface area (Å²) < 4.78 is 12.7. The number of carbonyl (C=O) groups excluding carboxylic acids is 2. The molecule has 0 saturated heterocycles. The largest absolute Gasteiger partial charge is 0.356 e. The van der Waals surface area contributed by atoms with E-state index in [0.717, 1.165) is 5.56 Å². The van der Waals surface area contributed by atoms with Crippen LogP contribution < -0.4 is 5.32 Å². The predicted molar refractivity (Wildman–Crippen MR) is 70.1 cm³/mol. The Bertz CT molecular complexity index is 446. The molecule has 1 aromatic carbocycles. The van der Waals surface area contributed by atoms with Crippen LogP contribution in [0, 0.1) is 11.7 Å². The summed E-state index contributed by atoms with van der Waals surface area (Å²) in [6.07, 6.45) is 3.08. The van der Waals surface area contributed by atoms with Crippen LogP contribution in [0.4, 0.5) is 4.39 Å². The van der Waals surface area contributed by atoms with Gasteiger partial charge in [-0.2, -0.15) is 0 Å². The van der Waals surface area contributed by atoms with Crippen molar-refractivity contribution in [3.05, 3.63) is 35.6 Å². The Morgan fingerprint density at radius 3 is 2.47 bits per heavy atom. The first-order chi connectivity index (χ1) is 9.15. The van der Waals surface area contributed by atoms with Crippen LogP contribution in [0.5, 0.6) is 0 Å². The fourth-order valence-corrected chi connectivity index (χ4v) is 2.33. The third-order valence-corrected chi connectivity index (χ3v) is 3.54. The topological polar surface area (TPSA) is 46.2 Å². The molecule has 4 heteroatoms. The smallest absolute Gasteiger partial charge is 0.223 e. The van der Waals surface area contributed by atoms with Crippen molar-refractivity contribution in [1.29, 1.82) is 0 Å². The maximum atomic E-state index is 12.7. The highest BCUT2D eigenvalue weighted by molar-refractivity contribution is 5.84. The number of hydrogen-bond donors (Lipinski definition) is 1. The van der Waals surface area contributed by atoms with Gasteiger partial charge in [-0.1, -0.05) is 12.1 Å². The van der Waals surface area contributed by atoms with Crippen molar-refractivity contribution in [2.45, 2.75) is 32.1 Å². The van der Waals surface area contributed by atoms with Crippen molar-refractivity contribution in [3.8, 4) is 0 Å². The second-order valence-corrected chi connectivity index (χ2v) is 4.98. The molecule has 2 rings (SSSR count). The monoisotopic (exact) mass is 263 g/mol. The summed E-state index contributed by atoms with van der Waals surface area (Å²) in [7, 11) is 0. The van der Waals surface area contributed by atoms with Gasteiger partial charge in [0.2, 0.25) is 5.91 Å². The third kappa shape index (κ3) is 4.16. The Kier molecular flexibility index (Phi) is 4.66. The molecule has 102 valence electrons. The van der Waals surface area contributed by atoms with Gasteiger partial charge in [-0.05, 0) is 37.0 Å². The van der Waals surface area contributed by atoms with E-state index in [1.807, 2.05) is 0 Å². The highest BCUT2D eigenvalue weighted by Gasteiger charge is 2.24. The molecule has 0 aromatic heterocycles. The van der Waals surface area contributed by atoms with E-state index in [1.165, 1.54) is 12.1 Å². The molecule has 0 spiro atoms. The number of ketones is 1. The van der Waals surface area contributed by atoms with Crippen molar-refractivity contribution >= 4 is 11.7 Å². The van der Waals surface area contributed by atoms with Gasteiger partial charge in [-0.15, -0.1) is 0 Å². The lowest BCUT2D eigenvalue weighted by Gasteiger charge is -2.20. The molecule has 1 aromatic rings. The van der Waals surface area contributed by atoms with Gasteiger partial charge in [-0.3, -0.25) is 9.59 Å². The molecule has 1 fully saturated rings. The Balaban J connectivity index is 1.72. The Hall–Kier alpha value is -1.71. The number of nitrogens with one attached hydrogen (secondary N) is 1. The molecule has 1 saturated carbocycles. The van der Waals surface area contributed by atoms with Crippen LogP contribution in [-0.2, 0) is 16.0 Å². The summed E-state index contributed by atoms with van der Waals surface area (Å²) in [4.78, 5) is 23.0. The van der Waals surface area contributed by atoms with E-state index in [2.05, 4.69) is 5.32 Å². The van der Waals surface area contributed by atoms with Crippen molar-refractivity contribution in [2.24, 2.45) is 5.92 Å². The minimum absolute atomic E-state index is 0.0223. The van der Waals surface area contributed by atoms with Crippen LogP contribution in [0.1, 0.15) is 31.2 Å². The molecule has 1 amide bonds. The van der Waals surface area contributed by atoms with Gasteiger partial charge < -0.3 is 5.32 Å². The highest BCUT2D eigenvalue weighted by atomic mass is 19.1. The number of hydrogen-bond acceptors (Lipinski definition) is 2. The van der Waals surface area contributed by atoms with E-state index < -0.39 is 0 Å². The second-order valence-electron chi connectivity index (χ2n) is 4.98. The summed E-state index contributed by atoms with van der Waals surface area (Å²) in [6, 6.07) is 6.29. The molecule has 0 radical (unpaired) electrons. The number of rotatable bonds is 4. The number of amides is 1. The van der Waals surface area contributed by atoms with Crippen LogP contribution >= 0.6 is 0 Å². The molecule has 0 heterocycles. The SMILES string of the molecule is O=C1CCC(C(=O)NCCc2ccc(F)cc2)CC1. The zero-order valence-electron chi connectivity index (χ0n) is 10.8. The lowest BCUT2D eigenvalue weighted by atomic mass is 9.88. The average molecular weight is 263 g/mol. The minimum Gasteiger partial charge on any atom is -0.356 e. The van der Waals surface area contributed by atoms with E-state index in [-0.39, 0.29) is 23.4 Å².